The molecule has 2 rings (SSSR count). The van der Waals surface area contributed by atoms with E-state index in [1.165, 1.54) is 10.7 Å². The van der Waals surface area contributed by atoms with E-state index in [0.29, 0.717) is 5.52 Å². The van der Waals surface area contributed by atoms with Gasteiger partial charge in [0, 0.05) is 6.20 Å². The number of fused-ring (bicyclic) bond motifs is 1. The maximum Gasteiger partial charge on any atom is 0.168 e. The van der Waals surface area contributed by atoms with E-state index in [1.54, 1.807) is 24.4 Å². The minimum atomic E-state index is -0.277. The normalized spacial score (nSPS) is 10.5. The second kappa shape index (κ2) is 1.80. The summed E-state index contributed by atoms with van der Waals surface area (Å²) >= 11 is 0. The van der Waals surface area contributed by atoms with Crippen molar-refractivity contribution in [3.63, 3.8) is 0 Å². The highest BCUT2D eigenvalue weighted by atomic mass is 19.1. The number of nitrogens with zero attached hydrogens (tertiary/aromatic N) is 2. The Hall–Kier alpha value is -1.38. The van der Waals surface area contributed by atoms with Crippen molar-refractivity contribution in [2.24, 2.45) is 0 Å². The first-order valence-corrected chi connectivity index (χ1v) is 2.96. The van der Waals surface area contributed by atoms with E-state index in [9.17, 15) is 4.39 Å². The average molecular weight is 136 g/mol. The van der Waals surface area contributed by atoms with Crippen molar-refractivity contribution in [1.82, 2.24) is 9.61 Å². The number of pyridine rings is 1. The van der Waals surface area contributed by atoms with E-state index < -0.39 is 0 Å². The zero-order chi connectivity index (χ0) is 6.97. The van der Waals surface area contributed by atoms with Gasteiger partial charge in [0.1, 0.15) is 5.52 Å². The average Bonchev–Trinajstić information content (AvgIpc) is 2.34. The van der Waals surface area contributed by atoms with Crippen LogP contribution in [-0.4, -0.2) is 9.61 Å². The van der Waals surface area contributed by atoms with Crippen LogP contribution >= 0.6 is 0 Å². The van der Waals surface area contributed by atoms with E-state index in [-0.39, 0.29) is 5.82 Å². The third kappa shape index (κ3) is 0.603. The number of hydrogen-bond donors (Lipinski definition) is 0. The van der Waals surface area contributed by atoms with Gasteiger partial charge in [-0.1, -0.05) is 6.07 Å². The molecule has 0 unspecified atom stereocenters. The lowest BCUT2D eigenvalue weighted by Gasteiger charge is -1.87. The van der Waals surface area contributed by atoms with Crippen molar-refractivity contribution in [1.29, 1.82) is 0 Å². The summed E-state index contributed by atoms with van der Waals surface area (Å²) in [4.78, 5) is 0. The summed E-state index contributed by atoms with van der Waals surface area (Å²) in [5, 5.41) is 3.76. The van der Waals surface area contributed by atoms with Crippen LogP contribution in [0.5, 0.6) is 0 Å². The van der Waals surface area contributed by atoms with E-state index in [1.807, 2.05) is 0 Å². The van der Waals surface area contributed by atoms with Crippen molar-refractivity contribution < 1.29 is 4.39 Å². The van der Waals surface area contributed by atoms with Crippen LogP contribution < -0.4 is 0 Å². The predicted molar refractivity (Wildman–Crippen MR) is 35.2 cm³/mol. The van der Waals surface area contributed by atoms with Crippen molar-refractivity contribution in [2.45, 2.75) is 0 Å². The van der Waals surface area contributed by atoms with Crippen LogP contribution in [-0.2, 0) is 0 Å². The SMILES string of the molecule is Fc1cnn2ccccc12. The predicted octanol–water partition coefficient (Wildman–Crippen LogP) is 1.47. The van der Waals surface area contributed by atoms with Gasteiger partial charge in [0.2, 0.25) is 0 Å². The third-order valence-corrected chi connectivity index (χ3v) is 1.38. The Balaban J connectivity index is 2.93. The van der Waals surface area contributed by atoms with Gasteiger partial charge in [-0.25, -0.2) is 8.91 Å². The van der Waals surface area contributed by atoms with E-state index in [2.05, 4.69) is 5.10 Å². The lowest BCUT2D eigenvalue weighted by molar-refractivity contribution is 0.639. The molecule has 2 aromatic heterocycles. The Morgan fingerprint density at radius 3 is 3.10 bits per heavy atom. The van der Waals surface area contributed by atoms with E-state index in [0.717, 1.165) is 0 Å². The number of aromatic nitrogens is 2. The standard InChI is InChI=1S/C7H5FN2/c8-6-5-9-10-4-2-1-3-7(6)10/h1-5H. The Morgan fingerprint density at radius 1 is 1.40 bits per heavy atom. The molecule has 0 saturated carbocycles. The van der Waals surface area contributed by atoms with Crippen molar-refractivity contribution in [3.8, 4) is 0 Å². The molecule has 0 atom stereocenters. The number of rotatable bonds is 0. The lowest BCUT2D eigenvalue weighted by Crippen LogP contribution is -1.82. The quantitative estimate of drug-likeness (QED) is 0.536. The first-order valence-electron chi connectivity index (χ1n) is 2.96. The highest BCUT2D eigenvalue weighted by Gasteiger charge is 1.98. The molecule has 10 heavy (non-hydrogen) atoms. The first kappa shape index (κ1) is 5.41. The molecular weight excluding hydrogens is 131 g/mol. The minimum absolute atomic E-state index is 0.277. The maximum atomic E-state index is 12.7. The van der Waals surface area contributed by atoms with Gasteiger partial charge in [-0.2, -0.15) is 5.10 Å². The van der Waals surface area contributed by atoms with Crippen molar-refractivity contribution in [3.05, 3.63) is 36.4 Å². The molecule has 0 spiro atoms. The summed E-state index contributed by atoms with van der Waals surface area (Å²) in [5.41, 5.74) is 0.516. The highest BCUT2D eigenvalue weighted by Crippen LogP contribution is 2.05. The molecule has 0 bridgehead atoms. The van der Waals surface area contributed by atoms with Crippen LogP contribution in [0.25, 0.3) is 5.52 Å². The zero-order valence-electron chi connectivity index (χ0n) is 5.16. The lowest BCUT2D eigenvalue weighted by atomic mass is 10.4. The summed E-state index contributed by atoms with van der Waals surface area (Å²) in [6, 6.07) is 5.27. The molecular formula is C7H5FN2. The molecule has 0 N–H and O–H groups in total. The van der Waals surface area contributed by atoms with Gasteiger partial charge in [-0.05, 0) is 12.1 Å². The summed E-state index contributed by atoms with van der Waals surface area (Å²) in [5.74, 6) is -0.277. The molecule has 0 aliphatic carbocycles. The second-order valence-electron chi connectivity index (χ2n) is 2.02. The zero-order valence-corrected chi connectivity index (χ0v) is 5.16. The smallest absolute Gasteiger partial charge is 0.168 e. The van der Waals surface area contributed by atoms with Gasteiger partial charge >= 0.3 is 0 Å². The van der Waals surface area contributed by atoms with E-state index in [4.69, 9.17) is 0 Å². The van der Waals surface area contributed by atoms with Crippen LogP contribution in [0.4, 0.5) is 4.39 Å². The van der Waals surface area contributed by atoms with Gasteiger partial charge in [-0.3, -0.25) is 0 Å². The Bertz CT molecular complexity index is 353. The molecule has 2 heterocycles. The monoisotopic (exact) mass is 136 g/mol. The first-order chi connectivity index (χ1) is 4.88. The van der Waals surface area contributed by atoms with Crippen molar-refractivity contribution in [2.75, 3.05) is 0 Å². The summed E-state index contributed by atoms with van der Waals surface area (Å²) < 4.78 is 14.2. The summed E-state index contributed by atoms with van der Waals surface area (Å²) in [7, 11) is 0. The minimum Gasteiger partial charge on any atom is -0.238 e. The molecule has 0 saturated heterocycles. The summed E-state index contributed by atoms with van der Waals surface area (Å²) in [6.45, 7) is 0. The molecule has 0 amide bonds. The fourth-order valence-electron chi connectivity index (χ4n) is 0.903. The molecule has 0 aliphatic rings. The highest BCUT2D eigenvalue weighted by molar-refractivity contribution is 5.46. The van der Waals surface area contributed by atoms with Gasteiger partial charge in [0.05, 0.1) is 6.20 Å². The number of hydrogen-bond acceptors (Lipinski definition) is 1. The topological polar surface area (TPSA) is 17.3 Å². The molecule has 2 aromatic rings. The fraction of sp³-hybridized carbons (Fsp3) is 0. The van der Waals surface area contributed by atoms with Crippen LogP contribution in [0.1, 0.15) is 0 Å². The molecule has 3 heteroatoms. The molecule has 0 radical (unpaired) electrons. The number of halogens is 1. The summed E-state index contributed by atoms with van der Waals surface area (Å²) in [6.07, 6.45) is 2.91. The Labute approximate surface area is 56.9 Å². The molecule has 0 aromatic carbocycles. The van der Waals surface area contributed by atoms with Gasteiger partial charge in [0.25, 0.3) is 0 Å². The second-order valence-corrected chi connectivity index (χ2v) is 2.02. The molecule has 0 aliphatic heterocycles. The van der Waals surface area contributed by atoms with Gasteiger partial charge in [-0.15, -0.1) is 0 Å². The Kier molecular flexibility index (Phi) is 0.974. The van der Waals surface area contributed by atoms with Crippen LogP contribution in [0.2, 0.25) is 0 Å². The van der Waals surface area contributed by atoms with Crippen molar-refractivity contribution >= 4 is 5.52 Å². The fourth-order valence-corrected chi connectivity index (χ4v) is 0.903. The van der Waals surface area contributed by atoms with Crippen LogP contribution in [0.3, 0.4) is 0 Å². The van der Waals surface area contributed by atoms with Crippen LogP contribution in [0.15, 0.2) is 30.6 Å². The van der Waals surface area contributed by atoms with Crippen LogP contribution in [0, 0.1) is 5.82 Å². The third-order valence-electron chi connectivity index (χ3n) is 1.38. The van der Waals surface area contributed by atoms with Gasteiger partial charge < -0.3 is 0 Å². The largest absolute Gasteiger partial charge is 0.238 e. The molecule has 0 fully saturated rings. The maximum absolute atomic E-state index is 12.7. The molecule has 2 nitrogen and oxygen atoms in total. The van der Waals surface area contributed by atoms with Gasteiger partial charge in [0.15, 0.2) is 5.82 Å². The van der Waals surface area contributed by atoms with E-state index >= 15 is 0 Å². The Morgan fingerprint density at radius 2 is 2.30 bits per heavy atom. The molecule has 50 valence electrons.